The molecule has 0 amide bonds. The largest absolute Gasteiger partial charge is 0.489 e. The minimum atomic E-state index is -0.322. The Labute approximate surface area is 163 Å². The van der Waals surface area contributed by atoms with E-state index >= 15 is 0 Å². The van der Waals surface area contributed by atoms with Gasteiger partial charge < -0.3 is 9.47 Å². The van der Waals surface area contributed by atoms with Crippen LogP contribution in [0.2, 0.25) is 0 Å². The zero-order valence-electron chi connectivity index (χ0n) is 15.4. The third-order valence-electron chi connectivity index (χ3n) is 4.79. The summed E-state index contributed by atoms with van der Waals surface area (Å²) in [6, 6.07) is 16.5. The molecule has 0 radical (unpaired) electrons. The standard InChI is InChI=1S/C23H18N2O3/c1-15-13-25-9-8-19(15)23-11-21(26)20-7-6-18(10-22(20)28-23)27-14-17-4-2-16(12-24)3-5-17/h2-10,13,23H,11,14H2,1H3. The highest BCUT2D eigenvalue weighted by molar-refractivity contribution is 6.00. The van der Waals surface area contributed by atoms with E-state index in [4.69, 9.17) is 14.7 Å². The van der Waals surface area contributed by atoms with Crippen molar-refractivity contribution in [2.75, 3.05) is 0 Å². The number of fused-ring (bicyclic) bond motifs is 1. The number of carbonyl (C=O) groups excluding carboxylic acids is 1. The first-order valence-electron chi connectivity index (χ1n) is 9.00. The maximum Gasteiger partial charge on any atom is 0.170 e. The van der Waals surface area contributed by atoms with E-state index in [1.54, 1.807) is 42.7 Å². The maximum absolute atomic E-state index is 12.6. The summed E-state index contributed by atoms with van der Waals surface area (Å²) in [5.74, 6) is 1.22. The first kappa shape index (κ1) is 17.7. The molecule has 2 heterocycles. The van der Waals surface area contributed by atoms with E-state index in [1.165, 1.54) is 0 Å². The average Bonchev–Trinajstić information content (AvgIpc) is 2.72. The van der Waals surface area contributed by atoms with Gasteiger partial charge in [-0.05, 0) is 53.9 Å². The van der Waals surface area contributed by atoms with Gasteiger partial charge in [0.2, 0.25) is 0 Å². The van der Waals surface area contributed by atoms with Gasteiger partial charge in [0, 0.05) is 18.5 Å². The van der Waals surface area contributed by atoms with E-state index in [9.17, 15) is 4.79 Å². The minimum Gasteiger partial charge on any atom is -0.489 e. The van der Waals surface area contributed by atoms with Crippen molar-refractivity contribution >= 4 is 5.78 Å². The number of pyridine rings is 1. The van der Waals surface area contributed by atoms with Gasteiger partial charge in [0.05, 0.1) is 23.6 Å². The Balaban J connectivity index is 1.52. The van der Waals surface area contributed by atoms with Crippen molar-refractivity contribution in [3.63, 3.8) is 0 Å². The van der Waals surface area contributed by atoms with Crippen LogP contribution >= 0.6 is 0 Å². The van der Waals surface area contributed by atoms with Crippen LogP contribution in [-0.2, 0) is 6.61 Å². The Hall–Kier alpha value is -3.65. The van der Waals surface area contributed by atoms with E-state index in [0.717, 1.165) is 16.7 Å². The lowest BCUT2D eigenvalue weighted by Crippen LogP contribution is -2.21. The lowest BCUT2D eigenvalue weighted by atomic mass is 9.95. The molecule has 138 valence electrons. The number of Topliss-reactive ketones (excluding diaryl/α,β-unsaturated/α-hetero) is 1. The molecule has 0 bridgehead atoms. The predicted molar refractivity (Wildman–Crippen MR) is 103 cm³/mol. The highest BCUT2D eigenvalue weighted by Gasteiger charge is 2.28. The van der Waals surface area contributed by atoms with Crippen LogP contribution < -0.4 is 9.47 Å². The molecule has 0 saturated heterocycles. The van der Waals surface area contributed by atoms with Crippen molar-refractivity contribution in [2.24, 2.45) is 0 Å². The van der Waals surface area contributed by atoms with E-state index in [1.807, 2.05) is 25.1 Å². The van der Waals surface area contributed by atoms with Gasteiger partial charge in [0.25, 0.3) is 0 Å². The number of aryl methyl sites for hydroxylation is 1. The van der Waals surface area contributed by atoms with Gasteiger partial charge in [-0.15, -0.1) is 0 Å². The second kappa shape index (κ2) is 7.53. The minimum absolute atomic E-state index is 0.0566. The van der Waals surface area contributed by atoms with Crippen molar-refractivity contribution in [3.8, 4) is 17.6 Å². The molecule has 1 atom stereocenters. The van der Waals surface area contributed by atoms with Gasteiger partial charge in [-0.3, -0.25) is 9.78 Å². The fourth-order valence-electron chi connectivity index (χ4n) is 3.25. The highest BCUT2D eigenvalue weighted by atomic mass is 16.5. The normalized spacial score (nSPS) is 15.3. The number of hydrogen-bond acceptors (Lipinski definition) is 5. The zero-order valence-corrected chi connectivity index (χ0v) is 15.4. The van der Waals surface area contributed by atoms with Crippen molar-refractivity contribution in [2.45, 2.75) is 26.1 Å². The Morgan fingerprint density at radius 3 is 2.79 bits per heavy atom. The topological polar surface area (TPSA) is 72.2 Å². The van der Waals surface area contributed by atoms with Crippen LogP contribution in [0.1, 0.15) is 45.1 Å². The molecule has 0 saturated carbocycles. The molecule has 1 unspecified atom stereocenters. The Bertz CT molecular complexity index is 1070. The van der Waals surface area contributed by atoms with Crippen LogP contribution in [-0.4, -0.2) is 10.8 Å². The summed E-state index contributed by atoms with van der Waals surface area (Å²) in [5.41, 5.74) is 4.12. The summed E-state index contributed by atoms with van der Waals surface area (Å²) in [6.07, 6.45) is 3.47. The lowest BCUT2D eigenvalue weighted by molar-refractivity contribution is 0.0848. The molecule has 0 spiro atoms. The number of ether oxygens (including phenoxy) is 2. The SMILES string of the molecule is Cc1cnccc1C1CC(=O)c2ccc(OCc3ccc(C#N)cc3)cc2O1. The Kier molecular flexibility index (Phi) is 4.77. The molecule has 5 nitrogen and oxygen atoms in total. The molecular weight excluding hydrogens is 352 g/mol. The van der Waals surface area contributed by atoms with Gasteiger partial charge in [0.15, 0.2) is 5.78 Å². The van der Waals surface area contributed by atoms with Crippen LogP contribution in [0.5, 0.6) is 11.5 Å². The van der Waals surface area contributed by atoms with E-state index in [0.29, 0.717) is 35.7 Å². The molecule has 0 fully saturated rings. The van der Waals surface area contributed by atoms with Crippen molar-refractivity contribution in [1.82, 2.24) is 4.98 Å². The summed E-state index contributed by atoms with van der Waals surface area (Å²) in [6.45, 7) is 2.33. The summed E-state index contributed by atoms with van der Waals surface area (Å²) < 4.78 is 12.0. The van der Waals surface area contributed by atoms with Crippen molar-refractivity contribution in [1.29, 1.82) is 5.26 Å². The monoisotopic (exact) mass is 370 g/mol. The third-order valence-corrected chi connectivity index (χ3v) is 4.79. The molecular formula is C23H18N2O3. The summed E-state index contributed by atoms with van der Waals surface area (Å²) in [5, 5.41) is 8.87. The molecule has 1 aliphatic rings. The van der Waals surface area contributed by atoms with Crippen LogP contribution in [0.4, 0.5) is 0 Å². The summed E-state index contributed by atoms with van der Waals surface area (Å²) in [7, 11) is 0. The van der Waals surface area contributed by atoms with Gasteiger partial charge in [-0.2, -0.15) is 5.26 Å². The number of aromatic nitrogens is 1. The second-order valence-electron chi connectivity index (χ2n) is 6.72. The molecule has 1 aromatic heterocycles. The Morgan fingerprint density at radius 2 is 2.04 bits per heavy atom. The average molecular weight is 370 g/mol. The Morgan fingerprint density at radius 1 is 1.21 bits per heavy atom. The molecule has 1 aliphatic heterocycles. The molecule has 0 aliphatic carbocycles. The van der Waals surface area contributed by atoms with E-state index in [2.05, 4.69) is 11.1 Å². The van der Waals surface area contributed by atoms with Crippen LogP contribution in [0.25, 0.3) is 0 Å². The number of carbonyl (C=O) groups is 1. The summed E-state index contributed by atoms with van der Waals surface area (Å²) >= 11 is 0. The maximum atomic E-state index is 12.6. The van der Waals surface area contributed by atoms with Crippen molar-refractivity contribution < 1.29 is 14.3 Å². The highest BCUT2D eigenvalue weighted by Crippen LogP contribution is 2.37. The van der Waals surface area contributed by atoms with Gasteiger partial charge in [-0.1, -0.05) is 12.1 Å². The van der Waals surface area contributed by atoms with Crippen LogP contribution in [0.3, 0.4) is 0 Å². The fraction of sp³-hybridized carbons (Fsp3) is 0.174. The molecule has 3 aromatic rings. The van der Waals surface area contributed by atoms with Gasteiger partial charge in [0.1, 0.15) is 24.2 Å². The van der Waals surface area contributed by atoms with Crippen LogP contribution in [0, 0.1) is 18.3 Å². The number of ketones is 1. The third kappa shape index (κ3) is 3.58. The van der Waals surface area contributed by atoms with E-state index in [-0.39, 0.29) is 11.9 Å². The predicted octanol–water partition coefficient (Wildman–Crippen LogP) is 4.55. The molecule has 0 N–H and O–H groups in total. The number of nitriles is 1. The first-order chi connectivity index (χ1) is 13.6. The molecule has 5 heteroatoms. The molecule has 4 rings (SSSR count). The fourth-order valence-corrected chi connectivity index (χ4v) is 3.25. The number of nitrogens with zero attached hydrogens (tertiary/aromatic N) is 2. The molecule has 2 aromatic carbocycles. The number of benzene rings is 2. The summed E-state index contributed by atoms with van der Waals surface area (Å²) in [4.78, 5) is 16.7. The van der Waals surface area contributed by atoms with Crippen LogP contribution in [0.15, 0.2) is 60.9 Å². The number of hydrogen-bond donors (Lipinski definition) is 0. The molecule has 28 heavy (non-hydrogen) atoms. The second-order valence-corrected chi connectivity index (χ2v) is 6.72. The smallest absolute Gasteiger partial charge is 0.170 e. The van der Waals surface area contributed by atoms with E-state index < -0.39 is 0 Å². The van der Waals surface area contributed by atoms with Gasteiger partial charge >= 0.3 is 0 Å². The number of rotatable bonds is 4. The quantitative estimate of drug-likeness (QED) is 0.674. The lowest BCUT2D eigenvalue weighted by Gasteiger charge is -2.26. The zero-order chi connectivity index (χ0) is 19.5. The van der Waals surface area contributed by atoms with Gasteiger partial charge in [-0.25, -0.2) is 0 Å². The van der Waals surface area contributed by atoms with Crippen molar-refractivity contribution in [3.05, 3.63) is 88.7 Å². The first-order valence-corrected chi connectivity index (χ1v) is 9.00.